The monoisotopic (exact) mass is 492 g/mol. The molecule has 0 amide bonds. The molecular weight excluding hydrogens is 469 g/mol. The largest absolute Gasteiger partial charge is 0.481 e. The highest BCUT2D eigenvalue weighted by atomic mass is 127. The Balaban J connectivity index is 0.00000364. The van der Waals surface area contributed by atoms with E-state index in [4.69, 9.17) is 4.74 Å². The fourth-order valence-corrected chi connectivity index (χ4v) is 2.30. The second kappa shape index (κ2) is 11.5. The highest BCUT2D eigenvalue weighted by molar-refractivity contribution is 14.0. The van der Waals surface area contributed by atoms with Gasteiger partial charge in [0, 0.05) is 25.2 Å². The Labute approximate surface area is 174 Å². The van der Waals surface area contributed by atoms with Crippen LogP contribution >= 0.6 is 24.0 Å². The van der Waals surface area contributed by atoms with Gasteiger partial charge in [-0.05, 0) is 19.1 Å². The van der Waals surface area contributed by atoms with Crippen molar-refractivity contribution in [3.8, 4) is 11.6 Å². The highest BCUT2D eigenvalue weighted by Crippen LogP contribution is 2.21. The number of nitrogens with zero attached hydrogens (tertiary/aromatic N) is 2. The zero-order valence-corrected chi connectivity index (χ0v) is 17.7. The molecule has 0 bridgehead atoms. The molecule has 0 saturated carbocycles. The molecule has 0 aliphatic heterocycles. The molecule has 2 rings (SSSR count). The third kappa shape index (κ3) is 7.53. The van der Waals surface area contributed by atoms with Crippen molar-refractivity contribution in [1.82, 2.24) is 15.6 Å². The van der Waals surface area contributed by atoms with Crippen molar-refractivity contribution in [1.29, 1.82) is 0 Å². The van der Waals surface area contributed by atoms with Gasteiger partial charge in [0.2, 0.25) is 5.88 Å². The Hall–Kier alpha value is -2.17. The van der Waals surface area contributed by atoms with Crippen LogP contribution in [0.3, 0.4) is 0 Å². The number of benzene rings is 1. The molecule has 0 aliphatic carbocycles. The third-order valence-corrected chi connectivity index (χ3v) is 3.53. The molecule has 0 spiro atoms. The van der Waals surface area contributed by atoms with Crippen LogP contribution in [-0.4, -0.2) is 31.7 Å². The third-order valence-electron chi connectivity index (χ3n) is 3.53. The summed E-state index contributed by atoms with van der Waals surface area (Å²) in [6.07, 6.45) is 0. The predicted molar refractivity (Wildman–Crippen MR) is 111 cm³/mol. The molecule has 1 aromatic carbocycles. The number of methoxy groups -OCH3 is 1. The summed E-state index contributed by atoms with van der Waals surface area (Å²) in [5, 5.41) is 6.19. The normalized spacial score (nSPS) is 11.0. The van der Waals surface area contributed by atoms with E-state index >= 15 is 0 Å². The van der Waals surface area contributed by atoms with Gasteiger partial charge in [0.05, 0.1) is 19.3 Å². The van der Waals surface area contributed by atoms with Gasteiger partial charge in [-0.1, -0.05) is 23.8 Å². The Kier molecular flexibility index (Phi) is 9.76. The minimum absolute atomic E-state index is 0. The van der Waals surface area contributed by atoms with Crippen molar-refractivity contribution in [2.24, 2.45) is 4.99 Å². The van der Waals surface area contributed by atoms with Gasteiger partial charge in [-0.25, -0.2) is 4.98 Å². The van der Waals surface area contributed by atoms with Crippen LogP contribution in [0.15, 0.2) is 41.4 Å². The number of rotatable bonds is 7. The van der Waals surface area contributed by atoms with E-state index in [1.807, 2.05) is 19.1 Å². The first-order valence-electron chi connectivity index (χ1n) is 8.00. The number of halogens is 3. The summed E-state index contributed by atoms with van der Waals surface area (Å²) in [4.78, 5) is 8.42. The summed E-state index contributed by atoms with van der Waals surface area (Å²) in [5.74, 6) is 1.18. The lowest BCUT2D eigenvalue weighted by molar-refractivity contribution is -0.0504. The lowest BCUT2D eigenvalue weighted by Gasteiger charge is -2.15. The van der Waals surface area contributed by atoms with Gasteiger partial charge >= 0.3 is 6.61 Å². The van der Waals surface area contributed by atoms with Crippen molar-refractivity contribution in [2.45, 2.75) is 26.6 Å². The van der Waals surface area contributed by atoms with E-state index in [0.717, 1.165) is 11.3 Å². The topological polar surface area (TPSA) is 67.8 Å². The summed E-state index contributed by atoms with van der Waals surface area (Å²) in [6.45, 7) is -0.259. The number of nitrogens with one attached hydrogen (secondary N) is 2. The second-order valence-electron chi connectivity index (χ2n) is 5.44. The summed E-state index contributed by atoms with van der Waals surface area (Å²) in [6, 6.07) is 10.5. The Morgan fingerprint density at radius 2 is 1.93 bits per heavy atom. The van der Waals surface area contributed by atoms with Crippen molar-refractivity contribution in [3.63, 3.8) is 0 Å². The number of guanidine groups is 1. The van der Waals surface area contributed by atoms with E-state index in [2.05, 4.69) is 25.3 Å². The first-order valence-corrected chi connectivity index (χ1v) is 8.00. The lowest BCUT2D eigenvalue weighted by Crippen LogP contribution is -2.36. The van der Waals surface area contributed by atoms with E-state index < -0.39 is 6.61 Å². The number of hydrogen-bond acceptors (Lipinski definition) is 4. The van der Waals surface area contributed by atoms with E-state index in [1.54, 1.807) is 32.4 Å². The molecule has 9 heteroatoms. The Morgan fingerprint density at radius 3 is 2.59 bits per heavy atom. The van der Waals surface area contributed by atoms with Crippen LogP contribution in [0.25, 0.3) is 0 Å². The van der Waals surface area contributed by atoms with Crippen LogP contribution in [0.2, 0.25) is 0 Å². The fourth-order valence-electron chi connectivity index (χ4n) is 2.30. The van der Waals surface area contributed by atoms with Crippen molar-refractivity contribution in [2.75, 3.05) is 14.2 Å². The standard InChI is InChI=1S/C18H22F2N4O2.HI/c1-12-7-8-15(26-17(19)20)13(9-12)10-22-18(21-2)23-11-14-5-4-6-16(24-14)25-3;/h4-9,17H,10-11H2,1-3H3,(H2,21,22,23);1H. The van der Waals surface area contributed by atoms with Gasteiger partial charge in [-0.15, -0.1) is 24.0 Å². The second-order valence-corrected chi connectivity index (χ2v) is 5.44. The number of aryl methyl sites for hydroxylation is 1. The molecule has 2 aromatic rings. The maximum Gasteiger partial charge on any atom is 0.387 e. The number of pyridine rings is 1. The van der Waals surface area contributed by atoms with Crippen LogP contribution in [0, 0.1) is 6.92 Å². The van der Waals surface area contributed by atoms with Gasteiger partial charge in [-0.3, -0.25) is 4.99 Å². The molecule has 0 aliphatic rings. The van der Waals surface area contributed by atoms with E-state index in [1.165, 1.54) is 6.07 Å². The predicted octanol–water partition coefficient (Wildman–Crippen LogP) is 3.48. The minimum atomic E-state index is -2.87. The maximum absolute atomic E-state index is 12.5. The fraction of sp³-hybridized carbons (Fsp3) is 0.333. The van der Waals surface area contributed by atoms with Gasteiger partial charge in [0.25, 0.3) is 0 Å². The van der Waals surface area contributed by atoms with E-state index in [9.17, 15) is 8.78 Å². The summed E-state index contributed by atoms with van der Waals surface area (Å²) < 4.78 is 34.7. The molecule has 2 N–H and O–H groups in total. The number of aliphatic imine (C=N–C) groups is 1. The highest BCUT2D eigenvalue weighted by Gasteiger charge is 2.10. The zero-order valence-electron chi connectivity index (χ0n) is 15.3. The Morgan fingerprint density at radius 1 is 1.19 bits per heavy atom. The molecule has 27 heavy (non-hydrogen) atoms. The molecule has 0 saturated heterocycles. The first-order chi connectivity index (χ1) is 12.5. The maximum atomic E-state index is 12.5. The van der Waals surface area contributed by atoms with Crippen molar-refractivity contribution in [3.05, 3.63) is 53.2 Å². The molecule has 0 fully saturated rings. The lowest BCUT2D eigenvalue weighted by atomic mass is 10.1. The van der Waals surface area contributed by atoms with Gasteiger partial charge in [-0.2, -0.15) is 8.78 Å². The smallest absolute Gasteiger partial charge is 0.387 e. The number of alkyl halides is 2. The van der Waals surface area contributed by atoms with Crippen LogP contribution in [-0.2, 0) is 13.1 Å². The van der Waals surface area contributed by atoms with Crippen LogP contribution in [0.4, 0.5) is 8.78 Å². The van der Waals surface area contributed by atoms with Crippen LogP contribution in [0.1, 0.15) is 16.8 Å². The van der Waals surface area contributed by atoms with Crippen molar-refractivity contribution < 1.29 is 18.3 Å². The molecule has 148 valence electrons. The first kappa shape index (κ1) is 22.9. The number of aromatic nitrogens is 1. The number of ether oxygens (including phenoxy) is 2. The molecular formula is C18H23F2IN4O2. The molecule has 0 unspecified atom stereocenters. The van der Waals surface area contributed by atoms with E-state index in [0.29, 0.717) is 23.9 Å². The quantitative estimate of drug-likeness (QED) is 0.352. The summed E-state index contributed by atoms with van der Waals surface area (Å²) >= 11 is 0. The van der Waals surface area contributed by atoms with Gasteiger partial charge in [0.15, 0.2) is 5.96 Å². The molecule has 1 heterocycles. The number of hydrogen-bond donors (Lipinski definition) is 2. The van der Waals surface area contributed by atoms with Gasteiger partial charge in [0.1, 0.15) is 5.75 Å². The Bertz CT molecular complexity index is 760. The van der Waals surface area contributed by atoms with Gasteiger partial charge < -0.3 is 20.1 Å². The molecule has 6 nitrogen and oxygen atoms in total. The van der Waals surface area contributed by atoms with Crippen LogP contribution < -0.4 is 20.1 Å². The molecule has 0 atom stereocenters. The van der Waals surface area contributed by atoms with Crippen molar-refractivity contribution >= 4 is 29.9 Å². The van der Waals surface area contributed by atoms with Crippen LogP contribution in [0.5, 0.6) is 11.6 Å². The average Bonchev–Trinajstić information content (AvgIpc) is 2.63. The zero-order chi connectivity index (χ0) is 18.9. The average molecular weight is 492 g/mol. The summed E-state index contributed by atoms with van der Waals surface area (Å²) in [7, 11) is 3.18. The van der Waals surface area contributed by atoms with E-state index in [-0.39, 0.29) is 36.3 Å². The minimum Gasteiger partial charge on any atom is -0.481 e. The SMILES string of the molecule is CN=C(NCc1cccc(OC)n1)NCc1cc(C)ccc1OC(F)F.I. The summed E-state index contributed by atoms with van der Waals surface area (Å²) in [5.41, 5.74) is 2.35. The molecule has 1 aromatic heterocycles. The molecule has 0 radical (unpaired) electrons.